The quantitative estimate of drug-likeness (QED) is 0.326. The van der Waals surface area contributed by atoms with Crippen LogP contribution in [0.1, 0.15) is 37.0 Å². The molecule has 0 aliphatic heterocycles. The van der Waals surface area contributed by atoms with Gasteiger partial charge in [-0.2, -0.15) is 4.31 Å². The van der Waals surface area contributed by atoms with Crippen molar-refractivity contribution in [2.75, 3.05) is 19.3 Å². The summed E-state index contributed by atoms with van der Waals surface area (Å²) < 4.78 is 26.6. The molecular weight excluding hydrogens is 510 g/mol. The summed E-state index contributed by atoms with van der Waals surface area (Å²) in [5.41, 5.74) is 2.54. The molecule has 0 bridgehead atoms. The number of benzene rings is 3. The Morgan fingerprint density at radius 1 is 0.769 bits per heavy atom. The topological polar surface area (TPSA) is 86.8 Å². The van der Waals surface area contributed by atoms with Crippen molar-refractivity contribution in [2.24, 2.45) is 5.92 Å². The third kappa shape index (κ3) is 9.96. The van der Waals surface area contributed by atoms with Crippen molar-refractivity contribution in [3.63, 3.8) is 0 Å². The van der Waals surface area contributed by atoms with E-state index in [9.17, 15) is 18.0 Å². The number of nitrogens with one attached hydrogen (secondary N) is 1. The van der Waals surface area contributed by atoms with Gasteiger partial charge in [-0.3, -0.25) is 9.59 Å². The van der Waals surface area contributed by atoms with Crippen molar-refractivity contribution in [2.45, 2.75) is 45.8 Å². The van der Waals surface area contributed by atoms with Crippen molar-refractivity contribution < 1.29 is 18.0 Å². The number of carbonyl (C=O) groups excluding carboxylic acids is 2. The molecule has 0 saturated heterocycles. The molecule has 3 aromatic carbocycles. The lowest BCUT2D eigenvalue weighted by Gasteiger charge is -2.33. The first-order chi connectivity index (χ1) is 18.6. The van der Waals surface area contributed by atoms with E-state index in [1.165, 1.54) is 9.21 Å². The largest absolute Gasteiger partial charge is 0.354 e. The summed E-state index contributed by atoms with van der Waals surface area (Å²) in [5, 5.41) is 3.01. The van der Waals surface area contributed by atoms with Gasteiger partial charge in [0.2, 0.25) is 21.8 Å². The molecule has 0 spiro atoms. The Morgan fingerprint density at radius 3 is 1.74 bits per heavy atom. The zero-order chi connectivity index (χ0) is 28.3. The summed E-state index contributed by atoms with van der Waals surface area (Å²) in [6, 6.07) is 27.4. The molecule has 0 radical (unpaired) electrons. The first-order valence-electron chi connectivity index (χ1n) is 13.3. The van der Waals surface area contributed by atoms with E-state index in [4.69, 9.17) is 0 Å². The normalized spacial score (nSPS) is 12.3. The van der Waals surface area contributed by atoms with Crippen molar-refractivity contribution in [1.82, 2.24) is 14.5 Å². The molecule has 1 N–H and O–H groups in total. The van der Waals surface area contributed by atoms with E-state index < -0.39 is 22.0 Å². The summed E-state index contributed by atoms with van der Waals surface area (Å²) in [6.07, 6.45) is 2.23. The lowest BCUT2D eigenvalue weighted by atomic mass is 10.0. The molecule has 0 aliphatic rings. The molecule has 7 nitrogen and oxygen atoms in total. The van der Waals surface area contributed by atoms with Crippen LogP contribution in [-0.2, 0) is 39.1 Å². The van der Waals surface area contributed by atoms with Crippen molar-refractivity contribution >= 4 is 21.8 Å². The molecule has 0 aliphatic carbocycles. The number of carbonyl (C=O) groups is 2. The van der Waals surface area contributed by atoms with Crippen LogP contribution in [0.3, 0.4) is 0 Å². The molecule has 208 valence electrons. The predicted octanol–water partition coefficient (Wildman–Crippen LogP) is 4.25. The fourth-order valence-electron chi connectivity index (χ4n) is 4.26. The van der Waals surface area contributed by atoms with E-state index in [1.807, 2.05) is 91.0 Å². The number of hydrogen-bond donors (Lipinski definition) is 1. The Hall–Kier alpha value is -3.49. The Kier molecular flexibility index (Phi) is 11.3. The second kappa shape index (κ2) is 14.6. The maximum absolute atomic E-state index is 14.0. The minimum atomic E-state index is -3.71. The summed E-state index contributed by atoms with van der Waals surface area (Å²) in [4.78, 5) is 29.1. The third-order valence-corrected chi connectivity index (χ3v) is 7.67. The van der Waals surface area contributed by atoms with Gasteiger partial charge in [0.05, 0.1) is 12.8 Å². The number of rotatable bonds is 14. The van der Waals surface area contributed by atoms with E-state index in [0.717, 1.165) is 29.4 Å². The highest BCUT2D eigenvalue weighted by molar-refractivity contribution is 7.88. The fourth-order valence-corrected chi connectivity index (χ4v) is 4.98. The second-order valence-electron chi connectivity index (χ2n) is 10.2. The highest BCUT2D eigenvalue weighted by atomic mass is 32.2. The Balaban J connectivity index is 1.95. The van der Waals surface area contributed by atoms with Crippen LogP contribution < -0.4 is 5.32 Å². The van der Waals surface area contributed by atoms with Gasteiger partial charge in [0.25, 0.3) is 0 Å². The van der Waals surface area contributed by atoms with E-state index in [-0.39, 0.29) is 25.5 Å². The highest BCUT2D eigenvalue weighted by Gasteiger charge is 2.32. The van der Waals surface area contributed by atoms with Crippen LogP contribution in [0, 0.1) is 5.92 Å². The van der Waals surface area contributed by atoms with E-state index in [1.54, 1.807) is 0 Å². The maximum atomic E-state index is 14.0. The van der Waals surface area contributed by atoms with Gasteiger partial charge in [0.1, 0.15) is 6.04 Å². The predicted molar refractivity (Wildman–Crippen MR) is 155 cm³/mol. The van der Waals surface area contributed by atoms with Crippen LogP contribution in [-0.4, -0.2) is 54.8 Å². The SMILES string of the molecule is CC(C)CCNC(=O)[C@@H](Cc1ccccc1)N(Cc1ccccc1)C(=O)CN(Cc1ccccc1)S(C)(=O)=O. The molecule has 0 saturated carbocycles. The molecule has 1 atom stereocenters. The average molecular weight is 550 g/mol. The zero-order valence-corrected chi connectivity index (χ0v) is 23.8. The van der Waals surface area contributed by atoms with Gasteiger partial charge in [-0.1, -0.05) is 105 Å². The molecule has 3 aromatic rings. The Labute approximate surface area is 232 Å². The van der Waals surface area contributed by atoms with Gasteiger partial charge in [-0.25, -0.2) is 8.42 Å². The van der Waals surface area contributed by atoms with Crippen LogP contribution in [0.4, 0.5) is 0 Å². The van der Waals surface area contributed by atoms with Gasteiger partial charge in [0.15, 0.2) is 0 Å². The molecule has 0 fully saturated rings. The Bertz CT molecular complexity index is 1280. The van der Waals surface area contributed by atoms with Gasteiger partial charge < -0.3 is 10.2 Å². The van der Waals surface area contributed by atoms with Crippen LogP contribution in [0.25, 0.3) is 0 Å². The van der Waals surface area contributed by atoms with Crippen LogP contribution in [0.15, 0.2) is 91.0 Å². The molecule has 2 amide bonds. The zero-order valence-electron chi connectivity index (χ0n) is 23.0. The number of sulfonamides is 1. The first kappa shape index (κ1) is 30.1. The summed E-state index contributed by atoms with van der Waals surface area (Å²) in [6.45, 7) is 4.55. The van der Waals surface area contributed by atoms with Crippen LogP contribution in [0.5, 0.6) is 0 Å². The minimum Gasteiger partial charge on any atom is -0.354 e. The van der Waals surface area contributed by atoms with Gasteiger partial charge in [0, 0.05) is 26.1 Å². The maximum Gasteiger partial charge on any atom is 0.243 e. The standard InChI is InChI=1S/C31H39N3O4S/c1-25(2)19-20-32-31(36)29(21-26-13-7-4-8-14-26)34(23-28-17-11-6-12-18-28)30(35)24-33(39(3,37)38)22-27-15-9-5-10-16-27/h4-18,25,29H,19-24H2,1-3H3,(H,32,36)/t29-/m1/s1. The molecule has 39 heavy (non-hydrogen) atoms. The average Bonchev–Trinajstić information content (AvgIpc) is 2.91. The third-order valence-electron chi connectivity index (χ3n) is 6.47. The number of hydrogen-bond acceptors (Lipinski definition) is 4. The fraction of sp³-hybridized carbons (Fsp3) is 0.355. The van der Waals surface area contributed by atoms with Crippen LogP contribution >= 0.6 is 0 Å². The minimum absolute atomic E-state index is 0.0640. The molecule has 0 unspecified atom stereocenters. The van der Waals surface area contributed by atoms with Crippen molar-refractivity contribution in [1.29, 1.82) is 0 Å². The molecule has 0 heterocycles. The molecule has 3 rings (SSSR count). The highest BCUT2D eigenvalue weighted by Crippen LogP contribution is 2.17. The lowest BCUT2D eigenvalue weighted by Crippen LogP contribution is -2.53. The summed E-state index contributed by atoms with van der Waals surface area (Å²) in [5.74, 6) is -0.265. The van der Waals surface area contributed by atoms with Gasteiger partial charge in [-0.15, -0.1) is 0 Å². The monoisotopic (exact) mass is 549 g/mol. The Morgan fingerprint density at radius 2 is 1.26 bits per heavy atom. The van der Waals surface area contributed by atoms with Crippen molar-refractivity contribution in [3.05, 3.63) is 108 Å². The van der Waals surface area contributed by atoms with Crippen molar-refractivity contribution in [3.8, 4) is 0 Å². The molecular formula is C31H39N3O4S. The summed E-state index contributed by atoms with van der Waals surface area (Å²) >= 11 is 0. The van der Waals surface area contributed by atoms with Crippen LogP contribution in [0.2, 0.25) is 0 Å². The summed E-state index contributed by atoms with van der Waals surface area (Å²) in [7, 11) is -3.71. The van der Waals surface area contributed by atoms with E-state index >= 15 is 0 Å². The van der Waals surface area contributed by atoms with Gasteiger partial charge in [-0.05, 0) is 29.0 Å². The molecule has 8 heteroatoms. The van der Waals surface area contributed by atoms with E-state index in [2.05, 4.69) is 19.2 Å². The van der Waals surface area contributed by atoms with Gasteiger partial charge >= 0.3 is 0 Å². The lowest BCUT2D eigenvalue weighted by molar-refractivity contribution is -0.141. The first-order valence-corrected chi connectivity index (χ1v) is 15.1. The smallest absolute Gasteiger partial charge is 0.243 e. The number of nitrogens with zero attached hydrogens (tertiary/aromatic N) is 2. The number of amides is 2. The second-order valence-corrected chi connectivity index (χ2v) is 12.2. The molecule has 0 aromatic heterocycles. The van der Waals surface area contributed by atoms with E-state index in [0.29, 0.717) is 18.9 Å².